The van der Waals surface area contributed by atoms with Crippen molar-refractivity contribution in [1.29, 1.82) is 0 Å². The summed E-state index contributed by atoms with van der Waals surface area (Å²) in [6.07, 6.45) is 2.50. The van der Waals surface area contributed by atoms with Crippen LogP contribution in [0.3, 0.4) is 0 Å². The van der Waals surface area contributed by atoms with Crippen LogP contribution in [-0.4, -0.2) is 65.7 Å². The Balaban J connectivity index is 1.53. The van der Waals surface area contributed by atoms with E-state index in [1.54, 1.807) is 6.92 Å². The lowest BCUT2D eigenvalue weighted by molar-refractivity contribution is -0.505. The van der Waals surface area contributed by atoms with E-state index in [9.17, 15) is 19.2 Å². The molecule has 4 saturated heterocycles. The molecule has 0 radical (unpaired) electrons. The Morgan fingerprint density at radius 3 is 2.30 bits per heavy atom. The lowest BCUT2D eigenvalue weighted by Crippen LogP contribution is -2.72. The molecule has 6 aliphatic rings. The molecule has 0 amide bonds. The van der Waals surface area contributed by atoms with E-state index in [0.29, 0.717) is 12.8 Å². The highest BCUT2D eigenvalue weighted by molar-refractivity contribution is 5.83. The summed E-state index contributed by atoms with van der Waals surface area (Å²) in [5, 5.41) is 0. The Hall–Kier alpha value is -2.50. The van der Waals surface area contributed by atoms with Crippen LogP contribution < -0.4 is 0 Å². The Morgan fingerprint density at radius 1 is 0.975 bits per heavy atom. The van der Waals surface area contributed by atoms with E-state index in [-0.39, 0.29) is 12.5 Å². The number of carbonyl (C=O) groups excluding carboxylic acids is 4. The van der Waals surface area contributed by atoms with Crippen LogP contribution in [0.25, 0.3) is 0 Å². The van der Waals surface area contributed by atoms with Gasteiger partial charge in [-0.1, -0.05) is 26.8 Å². The van der Waals surface area contributed by atoms with Crippen LogP contribution in [0.5, 0.6) is 0 Å². The number of cyclic esters (lactones) is 1. The van der Waals surface area contributed by atoms with Gasteiger partial charge in [0.1, 0.15) is 17.6 Å². The number of fused-ring (bicyclic) bond motifs is 2. The molecule has 0 aromatic carbocycles. The quantitative estimate of drug-likeness (QED) is 0.363. The van der Waals surface area contributed by atoms with E-state index in [1.165, 1.54) is 19.9 Å². The van der Waals surface area contributed by atoms with Crippen LogP contribution in [-0.2, 0) is 52.3 Å². The molecule has 11 unspecified atom stereocenters. The minimum absolute atomic E-state index is 0.0611. The first-order valence-corrected chi connectivity index (χ1v) is 14.0. The van der Waals surface area contributed by atoms with Crippen molar-refractivity contribution >= 4 is 23.9 Å². The number of carbonyl (C=O) groups is 4. The third kappa shape index (κ3) is 3.22. The maximum atomic E-state index is 13.2. The number of esters is 4. The van der Waals surface area contributed by atoms with Gasteiger partial charge in [0.25, 0.3) is 11.8 Å². The highest BCUT2D eigenvalue weighted by Gasteiger charge is 2.84. The van der Waals surface area contributed by atoms with Crippen molar-refractivity contribution in [2.24, 2.45) is 34.5 Å². The Morgan fingerprint density at radius 2 is 1.65 bits per heavy atom. The summed E-state index contributed by atoms with van der Waals surface area (Å²) in [7, 11) is 0. The molecule has 5 heterocycles. The smallest absolute Gasteiger partial charge is 0.330 e. The molecule has 5 aliphatic heterocycles. The molecule has 11 heteroatoms. The summed E-state index contributed by atoms with van der Waals surface area (Å²) < 4.78 is 43.6. The molecule has 40 heavy (non-hydrogen) atoms. The monoisotopic (exact) mass is 562 g/mol. The van der Waals surface area contributed by atoms with Gasteiger partial charge in [-0.2, -0.15) is 0 Å². The van der Waals surface area contributed by atoms with Crippen molar-refractivity contribution in [3.05, 3.63) is 12.2 Å². The largest absolute Gasteiger partial charge is 0.462 e. The molecule has 11 nitrogen and oxygen atoms in total. The van der Waals surface area contributed by atoms with Gasteiger partial charge in [0.2, 0.25) is 0 Å². The first kappa shape index (κ1) is 27.7. The van der Waals surface area contributed by atoms with Crippen LogP contribution in [0.2, 0.25) is 0 Å². The summed E-state index contributed by atoms with van der Waals surface area (Å²) in [5.41, 5.74) is -3.86. The second-order valence-corrected chi connectivity index (χ2v) is 13.5. The van der Waals surface area contributed by atoms with E-state index in [0.717, 1.165) is 0 Å². The van der Waals surface area contributed by atoms with Crippen LogP contribution in [0.1, 0.15) is 68.2 Å². The zero-order valence-electron chi connectivity index (χ0n) is 24.2. The summed E-state index contributed by atoms with van der Waals surface area (Å²) in [4.78, 5) is 50.4. The fourth-order valence-electron chi connectivity index (χ4n) is 9.14. The minimum atomic E-state index is -1.65. The zero-order valence-corrected chi connectivity index (χ0v) is 24.2. The number of hydrogen-bond donors (Lipinski definition) is 0. The molecule has 220 valence electrons. The van der Waals surface area contributed by atoms with Gasteiger partial charge < -0.3 is 28.4 Å². The molecule has 6 rings (SSSR count). The lowest BCUT2D eigenvalue weighted by Gasteiger charge is -2.63. The van der Waals surface area contributed by atoms with E-state index < -0.39 is 87.6 Å². The molecule has 0 aromatic heterocycles. The lowest BCUT2D eigenvalue weighted by atomic mass is 9.48. The van der Waals surface area contributed by atoms with E-state index >= 15 is 0 Å². The fraction of sp³-hybridized carbons (Fsp3) is 0.793. The topological polar surface area (TPSA) is 133 Å². The molecule has 0 aromatic rings. The van der Waals surface area contributed by atoms with E-state index in [4.69, 9.17) is 33.2 Å². The zero-order chi connectivity index (χ0) is 29.3. The van der Waals surface area contributed by atoms with Crippen molar-refractivity contribution in [2.45, 2.75) is 103 Å². The second kappa shape index (κ2) is 8.07. The molecule has 1 saturated carbocycles. The minimum Gasteiger partial charge on any atom is -0.462 e. The molecule has 5 fully saturated rings. The van der Waals surface area contributed by atoms with Crippen molar-refractivity contribution in [3.63, 3.8) is 0 Å². The standard InChI is InChI=1S/C29H38O11/c1-14-11-18(35-16(3)30)21-24(5,6)37-19(32)9-10-27(21)13-34-29-25(7,12-28(14,27)40-29)15(2)20-22(36-17(4)31)26(8,39-29)38-23(20)33/h9-10,14-15,18,20-22H,11-13H2,1-8H3. The van der Waals surface area contributed by atoms with Gasteiger partial charge in [-0.25, -0.2) is 4.79 Å². The van der Waals surface area contributed by atoms with Crippen molar-refractivity contribution < 1.29 is 52.3 Å². The molecule has 4 bridgehead atoms. The Labute approximate surface area is 233 Å². The van der Waals surface area contributed by atoms with Gasteiger partial charge >= 0.3 is 23.9 Å². The Bertz CT molecular complexity index is 1230. The third-order valence-electron chi connectivity index (χ3n) is 10.8. The normalized spacial score (nSPS) is 51.7. The first-order valence-electron chi connectivity index (χ1n) is 14.0. The van der Waals surface area contributed by atoms with Crippen LogP contribution >= 0.6 is 0 Å². The molecular weight excluding hydrogens is 524 g/mol. The van der Waals surface area contributed by atoms with Crippen molar-refractivity contribution in [3.8, 4) is 0 Å². The van der Waals surface area contributed by atoms with Crippen molar-refractivity contribution in [2.75, 3.05) is 6.61 Å². The third-order valence-corrected chi connectivity index (χ3v) is 10.8. The summed E-state index contributed by atoms with van der Waals surface area (Å²) in [5.74, 6) is -7.26. The average Bonchev–Trinajstić information content (AvgIpc) is 3.10. The summed E-state index contributed by atoms with van der Waals surface area (Å²) >= 11 is 0. The number of hydrogen-bond acceptors (Lipinski definition) is 11. The van der Waals surface area contributed by atoms with Gasteiger partial charge in [-0.3, -0.25) is 19.1 Å². The number of ether oxygens (including phenoxy) is 7. The van der Waals surface area contributed by atoms with Gasteiger partial charge in [-0.15, -0.1) is 0 Å². The van der Waals surface area contributed by atoms with Crippen molar-refractivity contribution in [1.82, 2.24) is 0 Å². The predicted octanol–water partition coefficient (Wildman–Crippen LogP) is 2.79. The second-order valence-electron chi connectivity index (χ2n) is 13.5. The predicted molar refractivity (Wildman–Crippen MR) is 134 cm³/mol. The van der Waals surface area contributed by atoms with Gasteiger partial charge in [0, 0.05) is 32.8 Å². The Kier molecular flexibility index (Phi) is 5.58. The van der Waals surface area contributed by atoms with Crippen LogP contribution in [0.15, 0.2) is 12.2 Å². The molecule has 11 atom stereocenters. The average molecular weight is 563 g/mol. The maximum Gasteiger partial charge on any atom is 0.330 e. The summed E-state index contributed by atoms with van der Waals surface area (Å²) in [6, 6.07) is 0. The maximum absolute atomic E-state index is 13.2. The molecule has 1 aliphatic carbocycles. The highest BCUT2D eigenvalue weighted by atomic mass is 16.9. The summed E-state index contributed by atoms with van der Waals surface area (Å²) in [6.45, 7) is 13.8. The number of rotatable bonds is 2. The van der Waals surface area contributed by atoms with Gasteiger partial charge in [-0.05, 0) is 38.5 Å². The van der Waals surface area contributed by atoms with E-state index in [2.05, 4.69) is 0 Å². The van der Waals surface area contributed by atoms with Gasteiger partial charge in [0.15, 0.2) is 6.10 Å². The fourth-order valence-corrected chi connectivity index (χ4v) is 9.14. The van der Waals surface area contributed by atoms with Crippen LogP contribution in [0.4, 0.5) is 0 Å². The van der Waals surface area contributed by atoms with Gasteiger partial charge in [0.05, 0.1) is 23.0 Å². The molecular formula is C29H38O11. The molecule has 0 N–H and O–H groups in total. The van der Waals surface area contributed by atoms with E-state index in [1.807, 2.05) is 40.7 Å². The first-order chi connectivity index (χ1) is 18.5. The van der Waals surface area contributed by atoms with Crippen LogP contribution in [0, 0.1) is 34.5 Å². The highest BCUT2D eigenvalue weighted by Crippen LogP contribution is 2.74. The SMILES string of the molecule is CC(=O)OC1CC(C)C23CC4(C)C(C)C5C(=O)OC(C)(OC4(OCC24C=CC(=O)OC(C)(C)C14)O3)C5OC(C)=O. The molecule has 3 spiro atoms.